The summed E-state index contributed by atoms with van der Waals surface area (Å²) in [6.45, 7) is 4.00. The third-order valence-corrected chi connectivity index (χ3v) is 18.0. The molecule has 0 radical (unpaired) electrons. The van der Waals surface area contributed by atoms with Gasteiger partial charge in [-0.25, -0.2) is 0 Å². The number of aromatic nitrogens is 1. The van der Waals surface area contributed by atoms with E-state index in [1.807, 2.05) is 30.5 Å². The summed E-state index contributed by atoms with van der Waals surface area (Å²) in [7, 11) is 1.68. The van der Waals surface area contributed by atoms with Gasteiger partial charge >= 0.3 is 145 Å². The van der Waals surface area contributed by atoms with Crippen molar-refractivity contribution in [3.05, 3.63) is 48.7 Å². The summed E-state index contributed by atoms with van der Waals surface area (Å²) in [6.07, 6.45) is 4.86. The van der Waals surface area contributed by atoms with Gasteiger partial charge in [-0.1, -0.05) is 0 Å². The number of ether oxygens (including phenoxy) is 1. The van der Waals surface area contributed by atoms with Crippen molar-refractivity contribution in [3.8, 4) is 5.75 Å². The third kappa shape index (κ3) is 2.60. The molecule has 0 aliphatic carbocycles. The number of rotatable bonds is 4. The number of hydrogen-bond donors (Lipinski definition) is 1. The summed E-state index contributed by atoms with van der Waals surface area (Å²) in [6, 6.07) is 7.91. The van der Waals surface area contributed by atoms with Crippen LogP contribution in [0.1, 0.15) is 18.1 Å². The fraction of sp³-hybridized carbons (Fsp3) is 0.421. The van der Waals surface area contributed by atoms with Crippen molar-refractivity contribution in [2.75, 3.05) is 7.11 Å². The van der Waals surface area contributed by atoms with Gasteiger partial charge in [0.2, 0.25) is 0 Å². The van der Waals surface area contributed by atoms with Crippen molar-refractivity contribution >= 4 is 32.3 Å². The minimum atomic E-state index is -1.64. The van der Waals surface area contributed by atoms with Gasteiger partial charge in [0.1, 0.15) is 0 Å². The van der Waals surface area contributed by atoms with Crippen LogP contribution in [0.4, 0.5) is 0 Å². The predicted molar refractivity (Wildman–Crippen MR) is 94.2 cm³/mol. The summed E-state index contributed by atoms with van der Waals surface area (Å²) in [5.41, 5.74) is 1.97. The molecule has 0 spiro atoms. The van der Waals surface area contributed by atoms with Crippen molar-refractivity contribution in [1.82, 2.24) is 4.98 Å². The Labute approximate surface area is 144 Å². The molecule has 1 aromatic heterocycles. The fourth-order valence-electron chi connectivity index (χ4n) is 4.80. The van der Waals surface area contributed by atoms with Crippen LogP contribution < -0.4 is 4.74 Å². The molecule has 118 valence electrons. The summed E-state index contributed by atoms with van der Waals surface area (Å²) in [4.78, 5) is 4.44. The van der Waals surface area contributed by atoms with E-state index in [4.69, 9.17) is 4.74 Å². The molecule has 1 N–H and O–H groups in total. The first-order valence-corrected chi connectivity index (χ1v) is 15.0. The van der Waals surface area contributed by atoms with E-state index in [1.54, 1.807) is 7.11 Å². The van der Waals surface area contributed by atoms with Gasteiger partial charge in [-0.05, 0) is 0 Å². The number of benzene rings is 1. The zero-order valence-corrected chi connectivity index (χ0v) is 16.8. The van der Waals surface area contributed by atoms with Gasteiger partial charge in [0.15, 0.2) is 0 Å². The number of nitrogens with zero attached hydrogens (tertiary/aromatic N) is 1. The topological polar surface area (TPSA) is 42.4 Å². The average Bonchev–Trinajstić information content (AvgIpc) is 3.20. The van der Waals surface area contributed by atoms with E-state index < -0.39 is 21.4 Å². The zero-order valence-electron chi connectivity index (χ0n) is 13.5. The Bertz CT molecular complexity index is 747. The molecule has 0 saturated carbocycles. The fourth-order valence-corrected chi connectivity index (χ4v) is 18.9. The Kier molecular flexibility index (Phi) is 4.14. The molecule has 1 aromatic carbocycles. The van der Waals surface area contributed by atoms with E-state index in [0.717, 1.165) is 34.1 Å². The molecule has 3 heterocycles. The average molecular weight is 411 g/mol. The second-order valence-corrected chi connectivity index (χ2v) is 16.5. The number of hydrogen-bond acceptors (Lipinski definition) is 3. The van der Waals surface area contributed by atoms with Gasteiger partial charge in [-0.2, -0.15) is 0 Å². The molecule has 4 rings (SSSR count). The van der Waals surface area contributed by atoms with Crippen molar-refractivity contribution in [2.24, 2.45) is 11.8 Å². The Balaban J connectivity index is 1.68. The molecule has 2 aliphatic rings. The molecule has 0 unspecified atom stereocenters. The molecule has 23 heavy (non-hydrogen) atoms. The quantitative estimate of drug-likeness (QED) is 0.775. The molecule has 0 amide bonds. The first kappa shape index (κ1) is 15.5. The van der Waals surface area contributed by atoms with Gasteiger partial charge in [-0.15, -0.1) is 0 Å². The van der Waals surface area contributed by atoms with Crippen molar-refractivity contribution in [2.45, 2.75) is 24.6 Å². The normalized spacial score (nSPS) is 27.4. The standard InChI is InChI=1S/C19H22NO2.In/c1-5-13(2)14(3)6-9-19(21)16-10-11-20-18-8-7-15(22-4)12-17(16)18;/h5,7-14,19,21H,1-3,6H2,4H3;/t13-,14+,19+;/m1./s1. The van der Waals surface area contributed by atoms with Crippen LogP contribution in [-0.2, 0) is 0 Å². The summed E-state index contributed by atoms with van der Waals surface area (Å²) >= 11 is -1.64. The SMILES string of the molecule is C=C[C@H]1[CH2][In]2[CH2][C@H]1C[C@H]2[C@H](O)c1ccnc2ccc(OC)cc12. The van der Waals surface area contributed by atoms with Gasteiger partial charge in [-0.3, -0.25) is 0 Å². The van der Waals surface area contributed by atoms with Crippen LogP contribution in [-0.4, -0.2) is 38.6 Å². The molecule has 4 atom stereocenters. The van der Waals surface area contributed by atoms with Crippen molar-refractivity contribution in [1.29, 1.82) is 0 Å². The molecule has 4 heteroatoms. The summed E-state index contributed by atoms with van der Waals surface area (Å²) < 4.78 is 8.76. The molecule has 2 aliphatic heterocycles. The maximum absolute atomic E-state index is 11.1. The molecule has 2 fully saturated rings. The first-order chi connectivity index (χ1) is 11.2. The van der Waals surface area contributed by atoms with Crippen LogP contribution in [0.25, 0.3) is 10.9 Å². The number of pyridine rings is 1. The number of methoxy groups -OCH3 is 1. The minimum absolute atomic E-state index is 0.329. The van der Waals surface area contributed by atoms with Crippen LogP contribution in [0.15, 0.2) is 43.1 Å². The monoisotopic (exact) mass is 411 g/mol. The Morgan fingerprint density at radius 1 is 1.39 bits per heavy atom. The summed E-state index contributed by atoms with van der Waals surface area (Å²) in [5, 5.41) is 12.2. The number of allylic oxidation sites excluding steroid dienone is 1. The van der Waals surface area contributed by atoms with Gasteiger partial charge in [0.05, 0.1) is 0 Å². The van der Waals surface area contributed by atoms with Gasteiger partial charge in [0.25, 0.3) is 0 Å². The molecule has 2 aromatic rings. The van der Waals surface area contributed by atoms with Crippen LogP contribution in [0.5, 0.6) is 5.75 Å². The maximum atomic E-state index is 11.1. The van der Waals surface area contributed by atoms with E-state index in [2.05, 4.69) is 17.6 Å². The third-order valence-electron chi connectivity index (χ3n) is 5.98. The van der Waals surface area contributed by atoms with E-state index in [1.165, 1.54) is 14.8 Å². The number of fused-ring (bicyclic) bond motifs is 3. The molecule has 3 nitrogen and oxygen atoms in total. The second-order valence-electron chi connectivity index (χ2n) is 7.02. The van der Waals surface area contributed by atoms with Crippen molar-refractivity contribution < 1.29 is 9.84 Å². The molecule has 2 bridgehead atoms. The van der Waals surface area contributed by atoms with Crippen LogP contribution in [0, 0.1) is 11.8 Å². The molecular weight excluding hydrogens is 389 g/mol. The van der Waals surface area contributed by atoms with Crippen LogP contribution in [0.3, 0.4) is 0 Å². The number of aliphatic hydroxyl groups excluding tert-OH is 1. The van der Waals surface area contributed by atoms with Crippen LogP contribution in [0.2, 0.25) is 12.0 Å². The van der Waals surface area contributed by atoms with Crippen LogP contribution >= 0.6 is 0 Å². The Morgan fingerprint density at radius 3 is 2.96 bits per heavy atom. The van der Waals surface area contributed by atoms with Gasteiger partial charge in [0, 0.05) is 0 Å². The summed E-state index contributed by atoms with van der Waals surface area (Å²) in [5.74, 6) is 2.37. The first-order valence-electron chi connectivity index (χ1n) is 8.44. The predicted octanol–water partition coefficient (Wildman–Crippen LogP) is 3.98. The van der Waals surface area contributed by atoms with Gasteiger partial charge < -0.3 is 0 Å². The number of aliphatic hydroxyl groups is 1. The van der Waals surface area contributed by atoms with E-state index in [-0.39, 0.29) is 6.10 Å². The van der Waals surface area contributed by atoms with E-state index >= 15 is 0 Å². The van der Waals surface area contributed by atoms with E-state index in [9.17, 15) is 5.11 Å². The van der Waals surface area contributed by atoms with Crippen molar-refractivity contribution in [3.63, 3.8) is 0 Å². The van der Waals surface area contributed by atoms with E-state index in [0.29, 0.717) is 3.67 Å². The molecular formula is C19H22InNO2. The molecule has 2 saturated heterocycles. The Hall–Kier alpha value is -1.000. The second kappa shape index (κ2) is 6.14. The zero-order chi connectivity index (χ0) is 16.0. The Morgan fingerprint density at radius 2 is 2.26 bits per heavy atom.